The van der Waals surface area contributed by atoms with Crippen LogP contribution >= 0.6 is 0 Å². The van der Waals surface area contributed by atoms with Crippen LogP contribution in [0.15, 0.2) is 18.2 Å². The number of benzene rings is 1. The number of carboxylic acids is 1. The number of hydrogen-bond donors (Lipinski definition) is 2. The zero-order valence-electron chi connectivity index (χ0n) is 7.21. The summed E-state index contributed by atoms with van der Waals surface area (Å²) in [5.41, 5.74) is 3.16. The molecule has 0 aromatic heterocycles. The van der Waals surface area contributed by atoms with Crippen LogP contribution < -0.4 is 5.32 Å². The van der Waals surface area contributed by atoms with Crippen LogP contribution in [0.1, 0.15) is 11.1 Å². The van der Waals surface area contributed by atoms with E-state index in [1.165, 1.54) is 5.56 Å². The standard InChI is InChI=1S/C10H11NO2/c12-9(13)6-8-3-1-2-7-4-5-11-10(7)8/h1-3,11H,4-6H2,(H,12,13). The summed E-state index contributed by atoms with van der Waals surface area (Å²) in [5, 5.41) is 11.9. The molecule has 68 valence electrons. The highest BCUT2D eigenvalue weighted by Gasteiger charge is 2.14. The van der Waals surface area contributed by atoms with Crippen LogP contribution in [-0.4, -0.2) is 17.6 Å². The number of carboxylic acid groups (broad SMARTS) is 1. The maximum atomic E-state index is 10.5. The van der Waals surface area contributed by atoms with Crippen molar-refractivity contribution in [2.75, 3.05) is 11.9 Å². The number of rotatable bonds is 2. The summed E-state index contributed by atoms with van der Waals surface area (Å²) in [6.07, 6.45) is 1.11. The second-order valence-electron chi connectivity index (χ2n) is 3.20. The van der Waals surface area contributed by atoms with Gasteiger partial charge in [0.05, 0.1) is 6.42 Å². The molecule has 1 aromatic carbocycles. The minimum Gasteiger partial charge on any atom is -0.481 e. The summed E-state index contributed by atoms with van der Waals surface area (Å²) >= 11 is 0. The lowest BCUT2D eigenvalue weighted by atomic mass is 10.1. The van der Waals surface area contributed by atoms with Crippen LogP contribution in [0.3, 0.4) is 0 Å². The molecule has 13 heavy (non-hydrogen) atoms. The van der Waals surface area contributed by atoms with Crippen LogP contribution in [0.2, 0.25) is 0 Å². The van der Waals surface area contributed by atoms with Gasteiger partial charge in [0.25, 0.3) is 0 Å². The van der Waals surface area contributed by atoms with Crippen molar-refractivity contribution < 1.29 is 9.90 Å². The molecule has 0 radical (unpaired) electrons. The molecule has 3 heteroatoms. The molecule has 0 amide bonds. The summed E-state index contributed by atoms with van der Waals surface area (Å²) in [7, 11) is 0. The Labute approximate surface area is 76.4 Å². The summed E-state index contributed by atoms with van der Waals surface area (Å²) in [6, 6.07) is 5.83. The molecule has 0 saturated heterocycles. The van der Waals surface area contributed by atoms with Gasteiger partial charge in [0, 0.05) is 12.2 Å². The van der Waals surface area contributed by atoms with Gasteiger partial charge in [-0.3, -0.25) is 4.79 Å². The van der Waals surface area contributed by atoms with E-state index in [2.05, 4.69) is 5.32 Å². The molecule has 0 fully saturated rings. The minimum atomic E-state index is -0.776. The minimum absolute atomic E-state index is 0.107. The van der Waals surface area contributed by atoms with Crippen LogP contribution in [0.5, 0.6) is 0 Å². The maximum absolute atomic E-state index is 10.5. The lowest BCUT2D eigenvalue weighted by molar-refractivity contribution is -0.136. The smallest absolute Gasteiger partial charge is 0.307 e. The lowest BCUT2D eigenvalue weighted by Crippen LogP contribution is -2.03. The van der Waals surface area contributed by atoms with Gasteiger partial charge >= 0.3 is 5.97 Å². The number of anilines is 1. The number of hydrogen-bond acceptors (Lipinski definition) is 2. The van der Waals surface area contributed by atoms with E-state index >= 15 is 0 Å². The Kier molecular flexibility index (Phi) is 1.93. The Bertz CT molecular complexity index is 347. The number of carbonyl (C=O) groups is 1. The largest absolute Gasteiger partial charge is 0.481 e. The van der Waals surface area contributed by atoms with Crippen LogP contribution in [0.25, 0.3) is 0 Å². The van der Waals surface area contributed by atoms with Gasteiger partial charge < -0.3 is 10.4 Å². The molecule has 2 rings (SSSR count). The third kappa shape index (κ3) is 1.49. The molecular formula is C10H11NO2. The molecule has 0 atom stereocenters. The van der Waals surface area contributed by atoms with Crippen molar-refractivity contribution in [3.63, 3.8) is 0 Å². The molecule has 0 aliphatic carbocycles. The SMILES string of the molecule is O=C(O)Cc1cccc2c1NCC2. The highest BCUT2D eigenvalue weighted by Crippen LogP contribution is 2.26. The van der Waals surface area contributed by atoms with Gasteiger partial charge in [-0.1, -0.05) is 18.2 Å². The normalized spacial score (nSPS) is 13.5. The van der Waals surface area contributed by atoms with Crippen LogP contribution in [0.4, 0.5) is 5.69 Å². The zero-order chi connectivity index (χ0) is 9.26. The van der Waals surface area contributed by atoms with Crippen LogP contribution in [-0.2, 0) is 17.6 Å². The zero-order valence-corrected chi connectivity index (χ0v) is 7.21. The molecule has 0 spiro atoms. The molecule has 3 nitrogen and oxygen atoms in total. The summed E-state index contributed by atoms with van der Waals surface area (Å²) < 4.78 is 0. The monoisotopic (exact) mass is 177 g/mol. The molecule has 0 bridgehead atoms. The van der Waals surface area contributed by atoms with Crippen molar-refractivity contribution in [2.45, 2.75) is 12.8 Å². The molecular weight excluding hydrogens is 166 g/mol. The van der Waals surface area contributed by atoms with Gasteiger partial charge in [-0.05, 0) is 17.5 Å². The highest BCUT2D eigenvalue weighted by atomic mass is 16.4. The molecule has 1 aliphatic rings. The van der Waals surface area contributed by atoms with Crippen molar-refractivity contribution in [1.29, 1.82) is 0 Å². The molecule has 0 unspecified atom stereocenters. The van der Waals surface area contributed by atoms with Gasteiger partial charge in [0.15, 0.2) is 0 Å². The second-order valence-corrected chi connectivity index (χ2v) is 3.20. The third-order valence-electron chi connectivity index (χ3n) is 2.27. The molecule has 1 heterocycles. The Balaban J connectivity index is 2.36. The number of nitrogens with one attached hydrogen (secondary N) is 1. The first kappa shape index (κ1) is 8.10. The van der Waals surface area contributed by atoms with Gasteiger partial charge in [0.2, 0.25) is 0 Å². The first-order chi connectivity index (χ1) is 6.27. The van der Waals surface area contributed by atoms with Crippen molar-refractivity contribution >= 4 is 11.7 Å². The summed E-state index contributed by atoms with van der Waals surface area (Å²) in [6.45, 7) is 0.923. The fourth-order valence-corrected chi connectivity index (χ4v) is 1.72. The maximum Gasteiger partial charge on any atom is 0.307 e. The first-order valence-corrected chi connectivity index (χ1v) is 4.34. The van der Waals surface area contributed by atoms with Gasteiger partial charge in [-0.25, -0.2) is 0 Å². The van der Waals surface area contributed by atoms with Gasteiger partial charge in [-0.15, -0.1) is 0 Å². The van der Waals surface area contributed by atoms with Gasteiger partial charge in [-0.2, -0.15) is 0 Å². The van der Waals surface area contributed by atoms with Gasteiger partial charge in [0.1, 0.15) is 0 Å². The average molecular weight is 177 g/mol. The van der Waals surface area contributed by atoms with E-state index in [0.717, 1.165) is 24.2 Å². The summed E-state index contributed by atoms with van der Waals surface area (Å²) in [4.78, 5) is 10.5. The predicted octanol–water partition coefficient (Wildman–Crippen LogP) is 1.28. The van der Waals surface area contributed by atoms with E-state index in [0.29, 0.717) is 0 Å². The van der Waals surface area contributed by atoms with Crippen molar-refractivity contribution in [2.24, 2.45) is 0 Å². The highest BCUT2D eigenvalue weighted by molar-refractivity contribution is 5.75. The summed E-state index contributed by atoms with van der Waals surface area (Å²) in [5.74, 6) is -0.776. The lowest BCUT2D eigenvalue weighted by Gasteiger charge is -2.05. The molecule has 1 aliphatic heterocycles. The van der Waals surface area contributed by atoms with E-state index in [1.807, 2.05) is 18.2 Å². The van der Waals surface area contributed by atoms with E-state index in [4.69, 9.17) is 5.11 Å². The fraction of sp³-hybridized carbons (Fsp3) is 0.300. The average Bonchev–Trinajstić information content (AvgIpc) is 2.51. The topological polar surface area (TPSA) is 49.3 Å². The van der Waals surface area contributed by atoms with E-state index in [9.17, 15) is 4.79 Å². The Morgan fingerprint density at radius 3 is 3.15 bits per heavy atom. The van der Waals surface area contributed by atoms with Crippen LogP contribution in [0, 0.1) is 0 Å². The first-order valence-electron chi connectivity index (χ1n) is 4.34. The number of fused-ring (bicyclic) bond motifs is 1. The van der Waals surface area contributed by atoms with Crippen molar-refractivity contribution in [3.8, 4) is 0 Å². The molecule has 1 aromatic rings. The number of aliphatic carboxylic acids is 1. The quantitative estimate of drug-likeness (QED) is 0.715. The van der Waals surface area contributed by atoms with E-state index in [-0.39, 0.29) is 6.42 Å². The van der Waals surface area contributed by atoms with E-state index in [1.54, 1.807) is 0 Å². The second kappa shape index (κ2) is 3.09. The third-order valence-corrected chi connectivity index (χ3v) is 2.27. The van der Waals surface area contributed by atoms with E-state index < -0.39 is 5.97 Å². The van der Waals surface area contributed by atoms with Crippen molar-refractivity contribution in [1.82, 2.24) is 0 Å². The van der Waals surface area contributed by atoms with Crippen molar-refractivity contribution in [3.05, 3.63) is 29.3 Å². The predicted molar refractivity (Wildman–Crippen MR) is 50.0 cm³/mol. The fourth-order valence-electron chi connectivity index (χ4n) is 1.72. The molecule has 0 saturated carbocycles. The Morgan fingerprint density at radius 2 is 2.38 bits per heavy atom. The molecule has 2 N–H and O–H groups in total. The Hall–Kier alpha value is -1.51. The number of para-hydroxylation sites is 1. The Morgan fingerprint density at radius 1 is 1.54 bits per heavy atom.